The van der Waals surface area contributed by atoms with E-state index in [1.165, 1.54) is 30.4 Å². The lowest BCUT2D eigenvalue weighted by Crippen LogP contribution is -2.41. The highest BCUT2D eigenvalue weighted by molar-refractivity contribution is 6.62. The Morgan fingerprint density at radius 3 is 2.40 bits per heavy atom. The Balaban J connectivity index is 1.90. The fraction of sp³-hybridized carbons (Fsp3) is 0.647. The number of benzene rings is 1. The first-order valence-electron chi connectivity index (χ1n) is 7.78. The molecule has 1 heterocycles. The van der Waals surface area contributed by atoms with Crippen molar-refractivity contribution in [1.82, 2.24) is 0 Å². The molecular weight excluding hydrogens is 247 g/mol. The fourth-order valence-electron chi connectivity index (χ4n) is 3.20. The molecule has 0 amide bonds. The Bertz CT molecular complexity index is 506. The van der Waals surface area contributed by atoms with E-state index in [0.29, 0.717) is 5.92 Å². The summed E-state index contributed by atoms with van der Waals surface area (Å²) in [6, 6.07) is 6.76. The van der Waals surface area contributed by atoms with Crippen molar-refractivity contribution in [3.8, 4) is 0 Å². The minimum Gasteiger partial charge on any atom is -0.399 e. The Hall–Kier alpha value is -0.795. The smallest absolute Gasteiger partial charge is 0.399 e. The van der Waals surface area contributed by atoms with Crippen LogP contribution < -0.4 is 5.46 Å². The molecule has 2 aliphatic rings. The normalized spacial score (nSPS) is 27.4. The van der Waals surface area contributed by atoms with Crippen molar-refractivity contribution in [2.75, 3.05) is 0 Å². The van der Waals surface area contributed by atoms with Gasteiger partial charge in [0.25, 0.3) is 0 Å². The second-order valence-corrected chi connectivity index (χ2v) is 7.34. The van der Waals surface area contributed by atoms with Crippen molar-refractivity contribution in [2.45, 2.75) is 71.0 Å². The molecule has 0 radical (unpaired) electrons. The molecule has 1 saturated heterocycles. The van der Waals surface area contributed by atoms with Crippen molar-refractivity contribution < 1.29 is 9.31 Å². The molecule has 0 N–H and O–H groups in total. The Morgan fingerprint density at radius 2 is 1.75 bits per heavy atom. The van der Waals surface area contributed by atoms with Crippen LogP contribution >= 0.6 is 0 Å². The van der Waals surface area contributed by atoms with Gasteiger partial charge in [-0.2, -0.15) is 0 Å². The standard InChI is InChI=1S/C17H25BO2/c1-12-7-6-8-13-11-14(9-10-15(12)13)18-19-16(2,3)17(4,5)20-18/h9-12H,6-8H2,1-5H3/t12-/m0/s1. The van der Waals surface area contributed by atoms with Gasteiger partial charge in [-0.3, -0.25) is 0 Å². The van der Waals surface area contributed by atoms with Gasteiger partial charge in [-0.1, -0.05) is 25.1 Å². The van der Waals surface area contributed by atoms with Gasteiger partial charge in [-0.15, -0.1) is 0 Å². The maximum Gasteiger partial charge on any atom is 0.494 e. The van der Waals surface area contributed by atoms with Gasteiger partial charge in [0.1, 0.15) is 0 Å². The van der Waals surface area contributed by atoms with Crippen LogP contribution in [0.4, 0.5) is 0 Å². The van der Waals surface area contributed by atoms with Crippen molar-refractivity contribution in [1.29, 1.82) is 0 Å². The summed E-state index contributed by atoms with van der Waals surface area (Å²) in [5.41, 5.74) is 3.63. The highest BCUT2D eigenvalue weighted by Crippen LogP contribution is 2.37. The molecule has 1 fully saturated rings. The summed E-state index contributed by atoms with van der Waals surface area (Å²) in [7, 11) is -0.234. The molecule has 2 nitrogen and oxygen atoms in total. The largest absolute Gasteiger partial charge is 0.494 e. The van der Waals surface area contributed by atoms with Gasteiger partial charge in [0.15, 0.2) is 0 Å². The Morgan fingerprint density at radius 1 is 1.10 bits per heavy atom. The maximum atomic E-state index is 6.15. The first-order chi connectivity index (χ1) is 9.30. The summed E-state index contributed by atoms with van der Waals surface area (Å²) in [4.78, 5) is 0. The second kappa shape index (κ2) is 4.61. The lowest BCUT2D eigenvalue weighted by atomic mass is 9.74. The molecule has 3 rings (SSSR count). The van der Waals surface area contributed by atoms with Gasteiger partial charge in [0.2, 0.25) is 0 Å². The van der Waals surface area contributed by atoms with Crippen LogP contribution in [0.1, 0.15) is 64.5 Å². The van der Waals surface area contributed by atoms with E-state index >= 15 is 0 Å². The summed E-state index contributed by atoms with van der Waals surface area (Å²) >= 11 is 0. The highest BCUT2D eigenvalue weighted by atomic mass is 16.7. The summed E-state index contributed by atoms with van der Waals surface area (Å²) in [6.07, 6.45) is 3.79. The molecule has 1 aromatic rings. The quantitative estimate of drug-likeness (QED) is 0.729. The fourth-order valence-corrected chi connectivity index (χ4v) is 3.20. The molecular formula is C17H25BO2. The van der Waals surface area contributed by atoms with E-state index in [2.05, 4.69) is 52.8 Å². The Kier molecular flexibility index (Phi) is 3.26. The Labute approximate surface area is 123 Å². The van der Waals surface area contributed by atoms with Crippen molar-refractivity contribution in [3.63, 3.8) is 0 Å². The first kappa shape index (κ1) is 14.2. The predicted octanol–water partition coefficient (Wildman–Crippen LogP) is 3.43. The third kappa shape index (κ3) is 2.21. The third-order valence-corrected chi connectivity index (χ3v) is 5.31. The summed E-state index contributed by atoms with van der Waals surface area (Å²) < 4.78 is 12.3. The van der Waals surface area contributed by atoms with Gasteiger partial charge in [0, 0.05) is 0 Å². The topological polar surface area (TPSA) is 18.5 Å². The van der Waals surface area contributed by atoms with Crippen LogP contribution in [0.3, 0.4) is 0 Å². The number of hydrogen-bond donors (Lipinski definition) is 0. The molecule has 1 aromatic carbocycles. The van der Waals surface area contributed by atoms with Crippen LogP contribution in [0.2, 0.25) is 0 Å². The summed E-state index contributed by atoms with van der Waals surface area (Å²) in [5, 5.41) is 0. The van der Waals surface area contributed by atoms with Gasteiger partial charge in [0.05, 0.1) is 11.2 Å². The maximum absolute atomic E-state index is 6.15. The van der Waals surface area contributed by atoms with Gasteiger partial charge < -0.3 is 9.31 Å². The summed E-state index contributed by atoms with van der Waals surface area (Å²) in [5.74, 6) is 0.686. The number of hydrogen-bond acceptors (Lipinski definition) is 2. The van der Waals surface area contributed by atoms with E-state index in [9.17, 15) is 0 Å². The zero-order chi connectivity index (χ0) is 14.5. The third-order valence-electron chi connectivity index (χ3n) is 5.31. The van der Waals surface area contributed by atoms with Crippen LogP contribution in [0.25, 0.3) is 0 Å². The zero-order valence-corrected chi connectivity index (χ0v) is 13.3. The SMILES string of the molecule is C[C@H]1CCCc2cc(B3OC(C)(C)C(C)(C)O3)ccc21. The molecule has 0 unspecified atom stereocenters. The minimum atomic E-state index is -0.263. The first-order valence-corrected chi connectivity index (χ1v) is 7.78. The van der Waals surface area contributed by atoms with Crippen LogP contribution in [-0.2, 0) is 15.7 Å². The van der Waals surface area contributed by atoms with Gasteiger partial charge in [-0.25, -0.2) is 0 Å². The number of fused-ring (bicyclic) bond motifs is 1. The van der Waals surface area contributed by atoms with E-state index in [4.69, 9.17) is 9.31 Å². The molecule has 3 heteroatoms. The molecule has 20 heavy (non-hydrogen) atoms. The average Bonchev–Trinajstić information content (AvgIpc) is 2.58. The van der Waals surface area contributed by atoms with Crippen LogP contribution in [0.15, 0.2) is 18.2 Å². The van der Waals surface area contributed by atoms with E-state index in [1.54, 1.807) is 0 Å². The van der Waals surface area contributed by atoms with E-state index in [0.717, 1.165) is 5.46 Å². The lowest BCUT2D eigenvalue weighted by Gasteiger charge is -2.32. The summed E-state index contributed by atoms with van der Waals surface area (Å²) in [6.45, 7) is 10.7. The zero-order valence-electron chi connectivity index (χ0n) is 13.3. The monoisotopic (exact) mass is 272 g/mol. The number of aryl methyl sites for hydroxylation is 1. The lowest BCUT2D eigenvalue weighted by molar-refractivity contribution is 0.00578. The molecule has 108 valence electrons. The molecule has 0 aromatic heterocycles. The molecule has 0 bridgehead atoms. The van der Waals surface area contributed by atoms with Crippen molar-refractivity contribution in [3.05, 3.63) is 29.3 Å². The van der Waals surface area contributed by atoms with E-state index in [-0.39, 0.29) is 18.3 Å². The molecule has 1 aliphatic heterocycles. The highest BCUT2D eigenvalue weighted by Gasteiger charge is 2.51. The van der Waals surface area contributed by atoms with Crippen molar-refractivity contribution in [2.24, 2.45) is 0 Å². The van der Waals surface area contributed by atoms with Gasteiger partial charge in [-0.05, 0) is 69.5 Å². The van der Waals surface area contributed by atoms with Crippen LogP contribution in [-0.4, -0.2) is 18.3 Å². The second-order valence-electron chi connectivity index (χ2n) is 7.34. The number of rotatable bonds is 1. The van der Waals surface area contributed by atoms with Crippen LogP contribution in [0, 0.1) is 0 Å². The average molecular weight is 272 g/mol. The predicted molar refractivity (Wildman–Crippen MR) is 83.5 cm³/mol. The van der Waals surface area contributed by atoms with Crippen LogP contribution in [0.5, 0.6) is 0 Å². The molecule has 0 saturated carbocycles. The van der Waals surface area contributed by atoms with Crippen molar-refractivity contribution >= 4 is 12.6 Å². The molecule has 1 atom stereocenters. The molecule has 0 spiro atoms. The minimum absolute atomic E-state index is 0.234. The van der Waals surface area contributed by atoms with E-state index < -0.39 is 0 Å². The van der Waals surface area contributed by atoms with Gasteiger partial charge >= 0.3 is 7.12 Å². The van der Waals surface area contributed by atoms with E-state index in [1.807, 2.05) is 0 Å². The molecule has 1 aliphatic carbocycles.